The molecule has 19 heavy (non-hydrogen) atoms. The maximum atomic E-state index is 13.0. The van der Waals surface area contributed by atoms with Crippen LogP contribution in [0.15, 0.2) is 18.2 Å². The van der Waals surface area contributed by atoms with Crippen LogP contribution in [0.5, 0.6) is 0 Å². The molecule has 2 nitrogen and oxygen atoms in total. The summed E-state index contributed by atoms with van der Waals surface area (Å²) in [4.78, 5) is 0. The van der Waals surface area contributed by atoms with Gasteiger partial charge in [0.25, 0.3) is 0 Å². The first-order valence-electron chi connectivity index (χ1n) is 6.99. The van der Waals surface area contributed by atoms with Crippen molar-refractivity contribution in [1.82, 2.24) is 5.32 Å². The van der Waals surface area contributed by atoms with Crippen LogP contribution < -0.4 is 5.32 Å². The van der Waals surface area contributed by atoms with Crippen LogP contribution in [0.25, 0.3) is 0 Å². The molecule has 0 heterocycles. The van der Waals surface area contributed by atoms with E-state index in [-0.39, 0.29) is 6.10 Å². The van der Waals surface area contributed by atoms with Crippen molar-refractivity contribution in [2.24, 2.45) is 5.92 Å². The van der Waals surface area contributed by atoms with Crippen molar-refractivity contribution in [2.45, 2.75) is 44.8 Å². The maximum absolute atomic E-state index is 13.0. The van der Waals surface area contributed by atoms with E-state index in [9.17, 15) is 13.9 Å². The molecule has 0 bridgehead atoms. The molecular weight excluding hydrogens is 248 g/mol. The highest BCUT2D eigenvalue weighted by atomic mass is 19.1. The fourth-order valence-electron chi connectivity index (χ4n) is 2.76. The molecule has 2 N–H and O–H groups in total. The third kappa shape index (κ3) is 4.55. The fourth-order valence-corrected chi connectivity index (χ4v) is 2.76. The molecule has 1 aromatic carbocycles. The van der Waals surface area contributed by atoms with E-state index in [4.69, 9.17) is 0 Å². The van der Waals surface area contributed by atoms with Crippen molar-refractivity contribution in [3.63, 3.8) is 0 Å². The third-order valence-electron chi connectivity index (χ3n) is 3.80. The van der Waals surface area contributed by atoms with Crippen molar-refractivity contribution >= 4 is 0 Å². The van der Waals surface area contributed by atoms with E-state index >= 15 is 0 Å². The molecule has 1 aromatic rings. The lowest BCUT2D eigenvalue weighted by atomic mass is 9.85. The Balaban J connectivity index is 1.76. The van der Waals surface area contributed by atoms with Crippen molar-refractivity contribution in [3.8, 4) is 0 Å². The topological polar surface area (TPSA) is 32.3 Å². The minimum Gasteiger partial charge on any atom is -0.392 e. The van der Waals surface area contributed by atoms with Crippen LogP contribution in [-0.4, -0.2) is 17.8 Å². The Morgan fingerprint density at radius 3 is 2.37 bits per heavy atom. The summed E-state index contributed by atoms with van der Waals surface area (Å²) < 4.78 is 26.0. The molecule has 1 atom stereocenters. The molecule has 2 rings (SSSR count). The Labute approximate surface area is 112 Å². The summed E-state index contributed by atoms with van der Waals surface area (Å²) in [6.07, 6.45) is 5.44. The van der Waals surface area contributed by atoms with Crippen LogP contribution in [0.1, 0.15) is 37.7 Å². The highest BCUT2D eigenvalue weighted by Gasteiger charge is 2.21. The molecule has 106 valence electrons. The molecule has 0 aliphatic heterocycles. The standard InChI is InChI=1S/C15H21F2NO/c16-13-6-11(7-14(17)8-13)9-18-10-15(19)12-4-2-1-3-5-12/h6-8,12,15,18-19H,1-5,9-10H2. The molecule has 0 spiro atoms. The van der Waals surface area contributed by atoms with Gasteiger partial charge in [-0.2, -0.15) is 0 Å². The average molecular weight is 269 g/mol. The Morgan fingerprint density at radius 2 is 1.74 bits per heavy atom. The molecule has 0 saturated heterocycles. The predicted octanol–water partition coefficient (Wildman–Crippen LogP) is 3.00. The number of hydrogen-bond acceptors (Lipinski definition) is 2. The summed E-state index contributed by atoms with van der Waals surface area (Å²) in [7, 11) is 0. The van der Waals surface area contributed by atoms with Gasteiger partial charge in [-0.05, 0) is 36.5 Å². The quantitative estimate of drug-likeness (QED) is 0.861. The lowest BCUT2D eigenvalue weighted by molar-refractivity contribution is 0.0838. The van der Waals surface area contributed by atoms with Gasteiger partial charge < -0.3 is 10.4 Å². The molecule has 0 radical (unpaired) electrons. The minimum atomic E-state index is -0.565. The maximum Gasteiger partial charge on any atom is 0.126 e. The molecule has 0 aromatic heterocycles. The number of halogens is 2. The van der Waals surface area contributed by atoms with E-state index in [1.54, 1.807) is 0 Å². The van der Waals surface area contributed by atoms with Gasteiger partial charge in [-0.25, -0.2) is 8.78 Å². The molecule has 1 aliphatic rings. The van der Waals surface area contributed by atoms with E-state index in [1.807, 2.05) is 0 Å². The first-order valence-corrected chi connectivity index (χ1v) is 6.99. The molecule has 0 amide bonds. The SMILES string of the molecule is OC(CNCc1cc(F)cc(F)c1)C1CCCCC1. The van der Waals surface area contributed by atoms with Crippen LogP contribution in [0.4, 0.5) is 8.78 Å². The van der Waals surface area contributed by atoms with Gasteiger partial charge in [0.05, 0.1) is 6.10 Å². The van der Waals surface area contributed by atoms with Gasteiger partial charge in [-0.15, -0.1) is 0 Å². The average Bonchev–Trinajstić information content (AvgIpc) is 2.38. The molecule has 1 fully saturated rings. The van der Waals surface area contributed by atoms with E-state index in [0.29, 0.717) is 24.6 Å². The lowest BCUT2D eigenvalue weighted by Crippen LogP contribution is -2.33. The molecular formula is C15H21F2NO. The van der Waals surface area contributed by atoms with Crippen molar-refractivity contribution in [2.75, 3.05) is 6.54 Å². The highest BCUT2D eigenvalue weighted by Crippen LogP contribution is 2.26. The Hall–Kier alpha value is -1.00. The van der Waals surface area contributed by atoms with Crippen molar-refractivity contribution < 1.29 is 13.9 Å². The van der Waals surface area contributed by atoms with Crippen LogP contribution in [0, 0.1) is 17.6 Å². The van der Waals surface area contributed by atoms with E-state index < -0.39 is 11.6 Å². The number of aliphatic hydroxyl groups excluding tert-OH is 1. The van der Waals surface area contributed by atoms with E-state index in [1.165, 1.54) is 31.4 Å². The summed E-state index contributed by atoms with van der Waals surface area (Å²) in [5, 5.41) is 13.1. The molecule has 1 unspecified atom stereocenters. The van der Waals surface area contributed by atoms with Crippen LogP contribution >= 0.6 is 0 Å². The minimum absolute atomic E-state index is 0.362. The van der Waals surface area contributed by atoms with E-state index in [2.05, 4.69) is 5.32 Å². The second-order valence-electron chi connectivity index (χ2n) is 5.37. The Kier molecular flexibility index (Phi) is 5.28. The predicted molar refractivity (Wildman–Crippen MR) is 70.6 cm³/mol. The van der Waals surface area contributed by atoms with Gasteiger partial charge in [0.2, 0.25) is 0 Å². The Morgan fingerprint density at radius 1 is 1.11 bits per heavy atom. The van der Waals surface area contributed by atoms with Gasteiger partial charge in [0.1, 0.15) is 11.6 Å². The second-order valence-corrected chi connectivity index (χ2v) is 5.37. The summed E-state index contributed by atoms with van der Waals surface area (Å²) in [5.41, 5.74) is 0.563. The van der Waals surface area contributed by atoms with Crippen LogP contribution in [-0.2, 0) is 6.54 Å². The van der Waals surface area contributed by atoms with Gasteiger partial charge in [-0.3, -0.25) is 0 Å². The van der Waals surface area contributed by atoms with E-state index in [0.717, 1.165) is 18.9 Å². The zero-order valence-electron chi connectivity index (χ0n) is 11.0. The third-order valence-corrected chi connectivity index (χ3v) is 3.80. The number of aliphatic hydroxyl groups is 1. The second kappa shape index (κ2) is 6.96. The van der Waals surface area contributed by atoms with Crippen LogP contribution in [0.2, 0.25) is 0 Å². The first kappa shape index (κ1) is 14.4. The van der Waals surface area contributed by atoms with Gasteiger partial charge in [0, 0.05) is 19.2 Å². The summed E-state index contributed by atoms with van der Waals surface area (Å²) in [6.45, 7) is 0.848. The number of hydrogen-bond donors (Lipinski definition) is 2. The largest absolute Gasteiger partial charge is 0.392 e. The van der Waals surface area contributed by atoms with Crippen molar-refractivity contribution in [1.29, 1.82) is 0 Å². The van der Waals surface area contributed by atoms with Gasteiger partial charge >= 0.3 is 0 Å². The summed E-state index contributed by atoms with van der Waals surface area (Å²) in [6, 6.07) is 3.48. The summed E-state index contributed by atoms with van der Waals surface area (Å²) in [5.74, 6) is -0.764. The monoisotopic (exact) mass is 269 g/mol. The number of rotatable bonds is 5. The smallest absolute Gasteiger partial charge is 0.126 e. The first-order chi connectivity index (χ1) is 9.15. The summed E-state index contributed by atoms with van der Waals surface area (Å²) >= 11 is 0. The number of benzene rings is 1. The van der Waals surface area contributed by atoms with Crippen molar-refractivity contribution in [3.05, 3.63) is 35.4 Å². The molecule has 1 saturated carbocycles. The highest BCUT2D eigenvalue weighted by molar-refractivity contribution is 5.17. The zero-order chi connectivity index (χ0) is 13.7. The fraction of sp³-hybridized carbons (Fsp3) is 0.600. The lowest BCUT2D eigenvalue weighted by Gasteiger charge is -2.26. The normalized spacial score (nSPS) is 18.5. The molecule has 4 heteroatoms. The van der Waals surface area contributed by atoms with Gasteiger partial charge in [0.15, 0.2) is 0 Å². The van der Waals surface area contributed by atoms with Gasteiger partial charge in [-0.1, -0.05) is 19.3 Å². The Bertz CT molecular complexity index is 385. The molecule has 1 aliphatic carbocycles. The van der Waals surface area contributed by atoms with Crippen LogP contribution in [0.3, 0.4) is 0 Å². The zero-order valence-corrected chi connectivity index (χ0v) is 11.0. The number of nitrogens with one attached hydrogen (secondary N) is 1.